The molecule has 3 aromatic rings. The van der Waals surface area contributed by atoms with E-state index in [-0.39, 0.29) is 23.3 Å². The van der Waals surface area contributed by atoms with Gasteiger partial charge in [-0.1, -0.05) is 37.3 Å². The minimum absolute atomic E-state index is 0.0823. The number of fused-ring (bicyclic) bond motifs is 2. The number of halogens is 3. The van der Waals surface area contributed by atoms with Crippen LogP contribution in [0.3, 0.4) is 0 Å². The van der Waals surface area contributed by atoms with Gasteiger partial charge in [-0.25, -0.2) is 4.99 Å². The summed E-state index contributed by atoms with van der Waals surface area (Å²) in [6, 6.07) is 18.3. The van der Waals surface area contributed by atoms with Crippen LogP contribution < -0.4 is 9.47 Å². The van der Waals surface area contributed by atoms with Crippen molar-refractivity contribution in [2.24, 2.45) is 4.99 Å². The third-order valence-corrected chi connectivity index (χ3v) is 7.18. The fourth-order valence-electron chi connectivity index (χ4n) is 5.11. The molecule has 0 unspecified atom stereocenters. The first-order valence-corrected chi connectivity index (χ1v) is 13.0. The predicted molar refractivity (Wildman–Crippen MR) is 143 cm³/mol. The fraction of sp³-hybridized carbons (Fsp3) is 0.333. The number of benzene rings is 3. The maximum absolute atomic E-state index is 13.5. The van der Waals surface area contributed by atoms with E-state index in [2.05, 4.69) is 0 Å². The summed E-state index contributed by atoms with van der Waals surface area (Å²) in [6.07, 6.45) is -3.13. The van der Waals surface area contributed by atoms with Gasteiger partial charge in [-0.15, -0.1) is 0 Å². The number of carbonyl (C=O) groups is 1. The Hall–Kier alpha value is -4.01. The van der Waals surface area contributed by atoms with Crippen molar-refractivity contribution in [1.82, 2.24) is 9.80 Å². The maximum atomic E-state index is 13.5. The van der Waals surface area contributed by atoms with Crippen LogP contribution in [0.5, 0.6) is 17.2 Å². The standard InChI is InChI=1S/C30H30F3N3O3/c1-3-23(20-8-5-4-6-9-20)29(37)36-15-7-14-35(16-17-36)28-24-19-22(38-2)11-13-26(24)39-27-12-10-21(30(31,32)33)18-25(27)34-28/h4-6,8-13,18-19,23H,3,7,14-17H2,1-2H3/t23-/m0/s1. The molecule has 0 spiro atoms. The van der Waals surface area contributed by atoms with Gasteiger partial charge in [0.1, 0.15) is 23.0 Å². The summed E-state index contributed by atoms with van der Waals surface area (Å²) in [5.41, 5.74) is 0.919. The Labute approximate surface area is 225 Å². The minimum Gasteiger partial charge on any atom is -0.497 e. The van der Waals surface area contributed by atoms with Gasteiger partial charge < -0.3 is 19.3 Å². The summed E-state index contributed by atoms with van der Waals surface area (Å²) in [6.45, 7) is 4.12. The van der Waals surface area contributed by atoms with Gasteiger partial charge in [0, 0.05) is 26.2 Å². The molecule has 1 atom stereocenters. The van der Waals surface area contributed by atoms with E-state index in [4.69, 9.17) is 14.5 Å². The van der Waals surface area contributed by atoms with Gasteiger partial charge >= 0.3 is 6.18 Å². The molecular formula is C30H30F3N3O3. The van der Waals surface area contributed by atoms with E-state index in [0.29, 0.717) is 61.9 Å². The molecule has 5 rings (SSSR count). The van der Waals surface area contributed by atoms with Crippen LogP contribution in [0.15, 0.2) is 71.7 Å². The van der Waals surface area contributed by atoms with Gasteiger partial charge in [0.15, 0.2) is 5.75 Å². The van der Waals surface area contributed by atoms with E-state index in [1.165, 1.54) is 6.07 Å². The summed E-state index contributed by atoms with van der Waals surface area (Å²) >= 11 is 0. The molecule has 0 aliphatic carbocycles. The smallest absolute Gasteiger partial charge is 0.416 e. The summed E-state index contributed by atoms with van der Waals surface area (Å²) in [5, 5.41) is 0. The number of carbonyl (C=O) groups excluding carboxylic acids is 1. The summed E-state index contributed by atoms with van der Waals surface area (Å²) in [7, 11) is 1.55. The zero-order valence-corrected chi connectivity index (χ0v) is 21.9. The third-order valence-electron chi connectivity index (χ3n) is 7.18. The van der Waals surface area contributed by atoms with E-state index >= 15 is 0 Å². The van der Waals surface area contributed by atoms with Crippen molar-refractivity contribution in [3.63, 3.8) is 0 Å². The molecule has 3 aromatic carbocycles. The Bertz CT molecular complexity index is 1370. The Morgan fingerprint density at radius 2 is 1.77 bits per heavy atom. The molecule has 2 heterocycles. The van der Waals surface area contributed by atoms with Crippen molar-refractivity contribution in [3.8, 4) is 17.2 Å². The number of amidine groups is 1. The van der Waals surface area contributed by atoms with E-state index in [9.17, 15) is 18.0 Å². The number of ether oxygens (including phenoxy) is 2. The Balaban J connectivity index is 1.47. The number of amides is 1. The summed E-state index contributed by atoms with van der Waals surface area (Å²) in [5.74, 6) is 1.64. The molecular weight excluding hydrogens is 507 g/mol. The molecule has 0 aromatic heterocycles. The maximum Gasteiger partial charge on any atom is 0.416 e. The molecule has 39 heavy (non-hydrogen) atoms. The van der Waals surface area contributed by atoms with Gasteiger partial charge in [0.2, 0.25) is 5.91 Å². The highest BCUT2D eigenvalue weighted by Crippen LogP contribution is 2.42. The molecule has 2 aliphatic heterocycles. The van der Waals surface area contributed by atoms with E-state index < -0.39 is 11.7 Å². The van der Waals surface area contributed by atoms with E-state index in [1.54, 1.807) is 25.3 Å². The van der Waals surface area contributed by atoms with E-state index in [1.807, 2.05) is 47.1 Å². The number of rotatable bonds is 4. The highest BCUT2D eigenvalue weighted by Gasteiger charge is 2.33. The molecule has 0 radical (unpaired) electrons. The predicted octanol–water partition coefficient (Wildman–Crippen LogP) is 6.63. The Morgan fingerprint density at radius 3 is 2.49 bits per heavy atom. The first kappa shape index (κ1) is 26.6. The van der Waals surface area contributed by atoms with Crippen molar-refractivity contribution >= 4 is 17.4 Å². The van der Waals surface area contributed by atoms with Crippen LogP contribution >= 0.6 is 0 Å². The average Bonchev–Trinajstić information content (AvgIpc) is 3.27. The second-order valence-electron chi connectivity index (χ2n) is 9.62. The van der Waals surface area contributed by atoms with Crippen molar-refractivity contribution in [1.29, 1.82) is 0 Å². The normalized spacial score (nSPS) is 16.2. The average molecular weight is 538 g/mol. The fourth-order valence-corrected chi connectivity index (χ4v) is 5.11. The van der Waals surface area contributed by atoms with Crippen molar-refractivity contribution in [3.05, 3.63) is 83.4 Å². The quantitative estimate of drug-likeness (QED) is 0.375. The molecule has 1 fully saturated rings. The number of methoxy groups -OCH3 is 1. The zero-order valence-electron chi connectivity index (χ0n) is 21.9. The Morgan fingerprint density at radius 1 is 1.00 bits per heavy atom. The van der Waals surface area contributed by atoms with Crippen LogP contribution in [0.2, 0.25) is 0 Å². The molecule has 2 aliphatic rings. The van der Waals surface area contributed by atoms with Crippen molar-refractivity contribution in [2.75, 3.05) is 33.3 Å². The number of hydrogen-bond donors (Lipinski definition) is 0. The molecule has 6 nitrogen and oxygen atoms in total. The lowest BCUT2D eigenvalue weighted by Crippen LogP contribution is -2.39. The summed E-state index contributed by atoms with van der Waals surface area (Å²) in [4.78, 5) is 22.2. The van der Waals surface area contributed by atoms with E-state index in [0.717, 1.165) is 17.7 Å². The topological polar surface area (TPSA) is 54.4 Å². The summed E-state index contributed by atoms with van der Waals surface area (Å²) < 4.78 is 52.0. The Kier molecular flexibility index (Phi) is 7.50. The molecule has 1 amide bonds. The van der Waals surface area contributed by atoms with Crippen LogP contribution in [0, 0.1) is 0 Å². The molecule has 1 saturated heterocycles. The lowest BCUT2D eigenvalue weighted by molar-refractivity contribution is -0.137. The van der Waals surface area contributed by atoms with Crippen LogP contribution in [-0.2, 0) is 11.0 Å². The minimum atomic E-state index is -4.51. The van der Waals surface area contributed by atoms with Gasteiger partial charge in [-0.2, -0.15) is 13.2 Å². The monoisotopic (exact) mass is 537 g/mol. The van der Waals surface area contributed by atoms with Crippen LogP contribution in [0.1, 0.15) is 42.4 Å². The first-order valence-electron chi connectivity index (χ1n) is 13.0. The number of hydrogen-bond acceptors (Lipinski definition) is 5. The second-order valence-corrected chi connectivity index (χ2v) is 9.62. The van der Waals surface area contributed by atoms with Gasteiger partial charge in [-0.3, -0.25) is 4.79 Å². The van der Waals surface area contributed by atoms with Crippen LogP contribution in [0.25, 0.3) is 0 Å². The number of alkyl halides is 3. The number of aliphatic imine (C=N–C) groups is 1. The molecule has 9 heteroatoms. The number of nitrogens with zero attached hydrogens (tertiary/aromatic N) is 3. The molecule has 0 N–H and O–H groups in total. The lowest BCUT2D eigenvalue weighted by atomic mass is 9.95. The van der Waals surface area contributed by atoms with Gasteiger partial charge in [-0.05, 0) is 54.8 Å². The van der Waals surface area contributed by atoms with Gasteiger partial charge in [0.25, 0.3) is 0 Å². The van der Waals surface area contributed by atoms with Crippen molar-refractivity contribution in [2.45, 2.75) is 31.9 Å². The highest BCUT2D eigenvalue weighted by molar-refractivity contribution is 6.04. The second kappa shape index (κ2) is 11.0. The van der Waals surface area contributed by atoms with Crippen LogP contribution in [0.4, 0.5) is 18.9 Å². The van der Waals surface area contributed by atoms with Crippen LogP contribution in [-0.4, -0.2) is 54.8 Å². The molecule has 0 bridgehead atoms. The highest BCUT2D eigenvalue weighted by atomic mass is 19.4. The van der Waals surface area contributed by atoms with Gasteiger partial charge in [0.05, 0.1) is 24.2 Å². The molecule has 204 valence electrons. The van der Waals surface area contributed by atoms with Crippen molar-refractivity contribution < 1.29 is 27.4 Å². The third kappa shape index (κ3) is 5.57. The largest absolute Gasteiger partial charge is 0.497 e. The SMILES string of the molecule is CC[C@H](C(=O)N1CCCN(C2=Nc3cc(C(F)(F)F)ccc3Oc3ccc(OC)cc32)CC1)c1ccccc1. The lowest BCUT2D eigenvalue weighted by Gasteiger charge is -2.27. The zero-order chi connectivity index (χ0) is 27.6. The first-order chi connectivity index (χ1) is 18.8. The molecule has 0 saturated carbocycles.